The largest absolute Gasteiger partial charge is 0.360 e. The number of aryl methyl sites for hydroxylation is 1. The maximum atomic E-state index is 12.1. The molecule has 1 heterocycles. The molecule has 1 atom stereocenters. The Bertz CT molecular complexity index is 478. The summed E-state index contributed by atoms with van der Waals surface area (Å²) >= 11 is 3.55. The second-order valence-electron chi connectivity index (χ2n) is 5.03. The van der Waals surface area contributed by atoms with E-state index in [0.717, 1.165) is 23.2 Å². The third kappa shape index (κ3) is 3.09. The van der Waals surface area contributed by atoms with Crippen molar-refractivity contribution >= 4 is 27.5 Å². The number of nitrogens with zero attached hydrogens (tertiary/aromatic N) is 2. The Morgan fingerprint density at radius 1 is 1.47 bits per heavy atom. The summed E-state index contributed by atoms with van der Waals surface area (Å²) < 4.78 is 1.08. The first kappa shape index (κ1) is 14.3. The SMILES string of the molecule is CNCC1CN(c2ccc(C)c(Br)c2)CC(=O)N1C. The monoisotopic (exact) mass is 325 g/mol. The number of benzene rings is 1. The van der Waals surface area contributed by atoms with Crippen LogP contribution >= 0.6 is 15.9 Å². The number of hydrogen-bond donors (Lipinski definition) is 1. The highest BCUT2D eigenvalue weighted by Gasteiger charge is 2.29. The van der Waals surface area contributed by atoms with Crippen LogP contribution in [0.5, 0.6) is 0 Å². The van der Waals surface area contributed by atoms with Crippen LogP contribution < -0.4 is 10.2 Å². The highest BCUT2D eigenvalue weighted by Crippen LogP contribution is 2.25. The van der Waals surface area contributed by atoms with Gasteiger partial charge in [0.15, 0.2) is 0 Å². The lowest BCUT2D eigenvalue weighted by atomic mass is 10.1. The van der Waals surface area contributed by atoms with Crippen molar-refractivity contribution in [2.45, 2.75) is 13.0 Å². The van der Waals surface area contributed by atoms with E-state index in [1.807, 2.05) is 19.0 Å². The van der Waals surface area contributed by atoms with Crippen molar-refractivity contribution in [2.24, 2.45) is 0 Å². The van der Waals surface area contributed by atoms with Crippen molar-refractivity contribution in [3.05, 3.63) is 28.2 Å². The summed E-state index contributed by atoms with van der Waals surface area (Å²) in [5.74, 6) is 0.170. The van der Waals surface area contributed by atoms with E-state index >= 15 is 0 Å². The van der Waals surface area contributed by atoms with E-state index in [1.165, 1.54) is 5.56 Å². The Balaban J connectivity index is 2.20. The molecule has 19 heavy (non-hydrogen) atoms. The van der Waals surface area contributed by atoms with Crippen LogP contribution in [0.15, 0.2) is 22.7 Å². The molecule has 1 aromatic rings. The highest BCUT2D eigenvalue weighted by atomic mass is 79.9. The third-order valence-corrected chi connectivity index (χ3v) is 4.51. The average Bonchev–Trinajstić information content (AvgIpc) is 2.38. The van der Waals surface area contributed by atoms with Crippen LogP contribution in [0.2, 0.25) is 0 Å². The van der Waals surface area contributed by atoms with Crippen LogP contribution in [0.4, 0.5) is 5.69 Å². The van der Waals surface area contributed by atoms with Crippen LogP contribution in [0, 0.1) is 6.92 Å². The molecule has 0 radical (unpaired) electrons. The summed E-state index contributed by atoms with van der Waals surface area (Å²) in [6.45, 7) is 4.18. The lowest BCUT2D eigenvalue weighted by Crippen LogP contribution is -2.57. The minimum absolute atomic E-state index is 0.170. The third-order valence-electron chi connectivity index (χ3n) is 3.66. The molecule has 0 saturated carbocycles. The first-order valence-electron chi connectivity index (χ1n) is 6.44. The fourth-order valence-corrected chi connectivity index (χ4v) is 2.70. The minimum atomic E-state index is 0.170. The Kier molecular flexibility index (Phi) is 4.47. The van der Waals surface area contributed by atoms with Crippen molar-refractivity contribution < 1.29 is 4.79 Å². The fraction of sp³-hybridized carbons (Fsp3) is 0.500. The zero-order valence-electron chi connectivity index (χ0n) is 11.6. The van der Waals surface area contributed by atoms with Gasteiger partial charge in [-0.2, -0.15) is 0 Å². The standard InChI is InChI=1S/C14H20BrN3O/c1-10-4-5-11(6-13(10)15)18-8-12(7-16-2)17(3)14(19)9-18/h4-6,12,16H,7-9H2,1-3H3. The van der Waals surface area contributed by atoms with Crippen molar-refractivity contribution in [2.75, 3.05) is 38.6 Å². The molecule has 1 saturated heterocycles. The van der Waals surface area contributed by atoms with Gasteiger partial charge in [0.05, 0.1) is 12.6 Å². The molecule has 1 aliphatic rings. The van der Waals surface area contributed by atoms with E-state index in [2.05, 4.69) is 51.3 Å². The summed E-state index contributed by atoms with van der Waals surface area (Å²) in [6.07, 6.45) is 0. The molecule has 0 bridgehead atoms. The van der Waals surface area contributed by atoms with Gasteiger partial charge in [0.25, 0.3) is 0 Å². The topological polar surface area (TPSA) is 35.6 Å². The van der Waals surface area contributed by atoms with Crippen LogP contribution in [0.3, 0.4) is 0 Å². The first-order chi connectivity index (χ1) is 9.02. The van der Waals surface area contributed by atoms with Crippen molar-refractivity contribution in [1.82, 2.24) is 10.2 Å². The Morgan fingerprint density at radius 2 is 2.21 bits per heavy atom. The van der Waals surface area contributed by atoms with Gasteiger partial charge in [-0.05, 0) is 31.7 Å². The van der Waals surface area contributed by atoms with Crippen LogP contribution in [0.25, 0.3) is 0 Å². The molecule has 4 nitrogen and oxygen atoms in total. The summed E-state index contributed by atoms with van der Waals surface area (Å²) in [5.41, 5.74) is 2.30. The molecular weight excluding hydrogens is 306 g/mol. The lowest BCUT2D eigenvalue weighted by Gasteiger charge is -2.40. The molecule has 5 heteroatoms. The van der Waals surface area contributed by atoms with Crippen molar-refractivity contribution in [3.8, 4) is 0 Å². The van der Waals surface area contributed by atoms with E-state index in [1.54, 1.807) is 0 Å². The summed E-state index contributed by atoms with van der Waals surface area (Å²) in [6, 6.07) is 6.46. The Morgan fingerprint density at radius 3 is 2.84 bits per heavy atom. The zero-order chi connectivity index (χ0) is 14.0. The number of nitrogens with one attached hydrogen (secondary N) is 1. The maximum absolute atomic E-state index is 12.1. The molecule has 1 aromatic carbocycles. The second kappa shape index (κ2) is 5.92. The summed E-state index contributed by atoms with van der Waals surface area (Å²) in [5, 5.41) is 3.15. The van der Waals surface area contributed by atoms with Crippen LogP contribution in [-0.4, -0.2) is 50.6 Å². The molecule has 1 amide bonds. The molecular formula is C14H20BrN3O. The van der Waals surface area contributed by atoms with Gasteiger partial charge in [0.1, 0.15) is 0 Å². The second-order valence-corrected chi connectivity index (χ2v) is 5.88. The van der Waals surface area contributed by atoms with E-state index in [9.17, 15) is 4.79 Å². The first-order valence-corrected chi connectivity index (χ1v) is 7.23. The van der Waals surface area contributed by atoms with Gasteiger partial charge >= 0.3 is 0 Å². The predicted octanol–water partition coefficient (Wildman–Crippen LogP) is 1.62. The smallest absolute Gasteiger partial charge is 0.242 e. The van der Waals surface area contributed by atoms with E-state index < -0.39 is 0 Å². The predicted molar refractivity (Wildman–Crippen MR) is 81.6 cm³/mol. The van der Waals surface area contributed by atoms with Crippen molar-refractivity contribution in [3.63, 3.8) is 0 Å². The molecule has 2 rings (SSSR count). The van der Waals surface area contributed by atoms with Gasteiger partial charge in [-0.1, -0.05) is 22.0 Å². The number of anilines is 1. The van der Waals surface area contributed by atoms with Gasteiger partial charge in [0.2, 0.25) is 5.91 Å². The number of carbonyl (C=O) groups is 1. The zero-order valence-corrected chi connectivity index (χ0v) is 13.2. The van der Waals surface area contributed by atoms with Gasteiger partial charge in [-0.15, -0.1) is 0 Å². The molecule has 0 aliphatic carbocycles. The molecule has 104 valence electrons. The van der Waals surface area contributed by atoms with Gasteiger partial charge in [0, 0.05) is 30.3 Å². The number of amides is 1. The quantitative estimate of drug-likeness (QED) is 0.917. The number of likely N-dealkylation sites (N-methyl/N-ethyl adjacent to an activating group) is 2. The van der Waals surface area contributed by atoms with Gasteiger partial charge in [-0.3, -0.25) is 4.79 Å². The normalized spacial score (nSPS) is 20.0. The van der Waals surface area contributed by atoms with Crippen LogP contribution in [-0.2, 0) is 4.79 Å². The number of halogens is 1. The maximum Gasteiger partial charge on any atom is 0.242 e. The number of piperazine rings is 1. The average molecular weight is 326 g/mol. The lowest BCUT2D eigenvalue weighted by molar-refractivity contribution is -0.131. The summed E-state index contributed by atoms with van der Waals surface area (Å²) in [7, 11) is 3.80. The van der Waals surface area contributed by atoms with Crippen molar-refractivity contribution in [1.29, 1.82) is 0 Å². The van der Waals surface area contributed by atoms with E-state index in [4.69, 9.17) is 0 Å². The highest BCUT2D eigenvalue weighted by molar-refractivity contribution is 9.10. The number of hydrogen-bond acceptors (Lipinski definition) is 3. The molecule has 1 N–H and O–H groups in total. The Labute approximate surface area is 122 Å². The minimum Gasteiger partial charge on any atom is -0.360 e. The molecule has 1 aliphatic heterocycles. The Hall–Kier alpha value is -1.07. The molecule has 0 aromatic heterocycles. The summed E-state index contributed by atoms with van der Waals surface area (Å²) in [4.78, 5) is 16.1. The van der Waals surface area contributed by atoms with Crippen LogP contribution in [0.1, 0.15) is 5.56 Å². The number of carbonyl (C=O) groups excluding carboxylic acids is 1. The van der Waals surface area contributed by atoms with Gasteiger partial charge < -0.3 is 15.1 Å². The van der Waals surface area contributed by atoms with E-state index in [-0.39, 0.29) is 11.9 Å². The fourth-order valence-electron chi connectivity index (χ4n) is 2.33. The van der Waals surface area contributed by atoms with E-state index in [0.29, 0.717) is 6.54 Å². The number of rotatable bonds is 3. The molecule has 1 fully saturated rings. The molecule has 1 unspecified atom stereocenters. The molecule has 0 spiro atoms. The van der Waals surface area contributed by atoms with Gasteiger partial charge in [-0.25, -0.2) is 0 Å².